The normalized spacial score (nSPS) is 19.0. The number of rotatable bonds is 2. The van der Waals surface area contributed by atoms with Crippen molar-refractivity contribution in [2.45, 2.75) is 6.42 Å². The number of nitrogens with one attached hydrogen (secondary N) is 1. The minimum absolute atomic E-state index is 0.156. The molecule has 6 heteroatoms. The molecule has 0 aromatic heterocycles. The van der Waals surface area contributed by atoms with Gasteiger partial charge in [-0.25, -0.2) is 9.80 Å². The van der Waals surface area contributed by atoms with Crippen molar-refractivity contribution in [2.24, 2.45) is 0 Å². The fourth-order valence-corrected chi connectivity index (χ4v) is 1.87. The maximum absolute atomic E-state index is 12.0. The fourth-order valence-electron chi connectivity index (χ4n) is 1.87. The van der Waals surface area contributed by atoms with Crippen LogP contribution in [0.15, 0.2) is 36.1 Å². The predicted octanol–water partition coefficient (Wildman–Crippen LogP) is 0.802. The lowest BCUT2D eigenvalue weighted by Gasteiger charge is -2.25. The van der Waals surface area contributed by atoms with E-state index in [0.717, 1.165) is 19.5 Å². The number of methoxy groups -OCH3 is 1. The molecule has 2 amide bonds. The number of amides is 2. The van der Waals surface area contributed by atoms with Crippen LogP contribution in [0, 0.1) is 0 Å². The number of hydrogen-bond donors (Lipinski definition) is 1. The van der Waals surface area contributed by atoms with Crippen molar-refractivity contribution in [2.75, 3.05) is 26.7 Å². The molecule has 2 aliphatic heterocycles. The average molecular weight is 263 g/mol. The fraction of sp³-hybridized carbons (Fsp3) is 0.385. The third kappa shape index (κ3) is 3.45. The Balaban J connectivity index is 1.88. The van der Waals surface area contributed by atoms with Crippen LogP contribution in [0.25, 0.3) is 0 Å². The van der Waals surface area contributed by atoms with Crippen LogP contribution in [-0.4, -0.2) is 48.7 Å². The van der Waals surface area contributed by atoms with E-state index >= 15 is 0 Å². The van der Waals surface area contributed by atoms with Crippen LogP contribution in [0.1, 0.15) is 6.42 Å². The molecule has 0 saturated carbocycles. The van der Waals surface area contributed by atoms with Crippen LogP contribution in [0.2, 0.25) is 0 Å². The Morgan fingerprint density at radius 1 is 1.32 bits per heavy atom. The zero-order chi connectivity index (χ0) is 13.7. The summed E-state index contributed by atoms with van der Waals surface area (Å²) in [7, 11) is 1.33. The first-order valence-corrected chi connectivity index (χ1v) is 6.14. The average Bonchev–Trinajstić information content (AvgIpc) is 2.47. The van der Waals surface area contributed by atoms with Crippen LogP contribution in [0.4, 0.5) is 4.79 Å². The Kier molecular flexibility index (Phi) is 4.35. The van der Waals surface area contributed by atoms with Crippen molar-refractivity contribution in [3.63, 3.8) is 0 Å². The van der Waals surface area contributed by atoms with E-state index in [1.54, 1.807) is 18.4 Å². The highest BCUT2D eigenvalue weighted by molar-refractivity contribution is 5.96. The Bertz CT molecular complexity index is 454. The molecule has 0 saturated heterocycles. The molecule has 0 aliphatic carbocycles. The number of nitrogens with zero attached hydrogens (tertiary/aromatic N) is 2. The Hall–Kier alpha value is -2.08. The molecule has 6 nitrogen and oxygen atoms in total. The van der Waals surface area contributed by atoms with E-state index in [2.05, 4.69) is 16.2 Å². The highest BCUT2D eigenvalue weighted by atomic mass is 16.5. The van der Waals surface area contributed by atoms with E-state index in [-0.39, 0.29) is 5.91 Å². The molecule has 102 valence electrons. The molecular formula is C13H17N3O3. The molecule has 0 fully saturated rings. The minimum Gasteiger partial charge on any atom is -0.452 e. The lowest BCUT2D eigenvalue weighted by atomic mass is 10.2. The summed E-state index contributed by atoms with van der Waals surface area (Å²) in [4.78, 5) is 24.6. The number of carbonyl (C=O) groups excluding carboxylic acids is 2. The van der Waals surface area contributed by atoms with Gasteiger partial charge in [0.25, 0.3) is 5.91 Å². The molecule has 1 N–H and O–H groups in total. The van der Waals surface area contributed by atoms with Crippen molar-refractivity contribution in [1.82, 2.24) is 15.3 Å². The van der Waals surface area contributed by atoms with E-state index in [9.17, 15) is 9.59 Å². The summed E-state index contributed by atoms with van der Waals surface area (Å²) in [6.07, 6.45) is 9.47. The zero-order valence-electron chi connectivity index (χ0n) is 10.8. The van der Waals surface area contributed by atoms with E-state index in [4.69, 9.17) is 0 Å². The first-order chi connectivity index (χ1) is 9.20. The van der Waals surface area contributed by atoms with Crippen molar-refractivity contribution < 1.29 is 14.3 Å². The predicted molar refractivity (Wildman–Crippen MR) is 69.8 cm³/mol. The Morgan fingerprint density at radius 2 is 2.16 bits per heavy atom. The number of hydrazine groups is 1. The standard InChI is InChI=1S/C13H17N3O3/c1-19-13(18)15-9-5-11(6-10-15)12(17)14-16-7-3-2-4-8-16/h2-3,5-6,9H,4,7-8,10H2,1H3,(H,14,17). The summed E-state index contributed by atoms with van der Waals surface area (Å²) in [6.45, 7) is 1.87. The minimum atomic E-state index is -0.437. The molecular weight excluding hydrogens is 246 g/mol. The van der Waals surface area contributed by atoms with Gasteiger partial charge in [0, 0.05) is 31.4 Å². The summed E-state index contributed by atoms with van der Waals surface area (Å²) in [5, 5.41) is 1.86. The van der Waals surface area contributed by atoms with Gasteiger partial charge >= 0.3 is 6.09 Å². The zero-order valence-corrected chi connectivity index (χ0v) is 10.8. The molecule has 0 unspecified atom stereocenters. The molecule has 0 bridgehead atoms. The summed E-state index contributed by atoms with van der Waals surface area (Å²) in [5.41, 5.74) is 3.39. The van der Waals surface area contributed by atoms with Gasteiger partial charge in [-0.3, -0.25) is 15.1 Å². The lowest BCUT2D eigenvalue weighted by Crippen LogP contribution is -2.44. The van der Waals surface area contributed by atoms with Crippen molar-refractivity contribution in [1.29, 1.82) is 0 Å². The molecule has 2 heterocycles. The Morgan fingerprint density at radius 3 is 2.74 bits per heavy atom. The lowest BCUT2D eigenvalue weighted by molar-refractivity contribution is -0.121. The van der Waals surface area contributed by atoms with Crippen LogP contribution < -0.4 is 5.43 Å². The van der Waals surface area contributed by atoms with Crippen LogP contribution in [-0.2, 0) is 9.53 Å². The second kappa shape index (κ2) is 6.19. The van der Waals surface area contributed by atoms with E-state index < -0.39 is 6.09 Å². The summed E-state index contributed by atoms with van der Waals surface area (Å²) in [5.74, 6) is -0.156. The van der Waals surface area contributed by atoms with Gasteiger partial charge in [-0.05, 0) is 12.5 Å². The first-order valence-electron chi connectivity index (χ1n) is 6.14. The highest BCUT2D eigenvalue weighted by Gasteiger charge is 2.17. The molecule has 0 aromatic rings. The van der Waals surface area contributed by atoms with Crippen LogP contribution >= 0.6 is 0 Å². The maximum atomic E-state index is 12.0. The van der Waals surface area contributed by atoms with Gasteiger partial charge in [0.15, 0.2) is 0 Å². The number of ether oxygens (including phenoxy) is 1. The van der Waals surface area contributed by atoms with E-state index in [1.807, 2.05) is 11.1 Å². The third-order valence-corrected chi connectivity index (χ3v) is 2.93. The molecule has 0 spiro atoms. The molecule has 0 aromatic carbocycles. The quantitative estimate of drug-likeness (QED) is 0.749. The third-order valence-electron chi connectivity index (χ3n) is 2.93. The monoisotopic (exact) mass is 263 g/mol. The number of hydrogen-bond acceptors (Lipinski definition) is 4. The van der Waals surface area contributed by atoms with Gasteiger partial charge in [0.1, 0.15) is 0 Å². The Labute approximate surface area is 112 Å². The van der Waals surface area contributed by atoms with Crippen LogP contribution in [0.5, 0.6) is 0 Å². The topological polar surface area (TPSA) is 61.9 Å². The largest absolute Gasteiger partial charge is 0.452 e. The van der Waals surface area contributed by atoms with Crippen LogP contribution in [0.3, 0.4) is 0 Å². The maximum Gasteiger partial charge on any atom is 0.413 e. The van der Waals surface area contributed by atoms with Crippen molar-refractivity contribution >= 4 is 12.0 Å². The highest BCUT2D eigenvalue weighted by Crippen LogP contribution is 2.09. The molecule has 2 aliphatic rings. The van der Waals surface area contributed by atoms with Gasteiger partial charge in [-0.15, -0.1) is 0 Å². The van der Waals surface area contributed by atoms with Gasteiger partial charge < -0.3 is 4.74 Å². The van der Waals surface area contributed by atoms with Gasteiger partial charge in [0.05, 0.1) is 7.11 Å². The van der Waals surface area contributed by atoms with Crippen molar-refractivity contribution in [3.8, 4) is 0 Å². The van der Waals surface area contributed by atoms with Gasteiger partial charge in [-0.1, -0.05) is 18.2 Å². The smallest absolute Gasteiger partial charge is 0.413 e. The second-order valence-corrected chi connectivity index (χ2v) is 4.24. The second-order valence-electron chi connectivity index (χ2n) is 4.24. The summed E-state index contributed by atoms with van der Waals surface area (Å²) < 4.78 is 4.60. The summed E-state index contributed by atoms with van der Waals surface area (Å²) in [6, 6.07) is 0. The van der Waals surface area contributed by atoms with Crippen molar-refractivity contribution in [3.05, 3.63) is 36.1 Å². The number of carbonyl (C=O) groups is 2. The summed E-state index contributed by atoms with van der Waals surface area (Å²) >= 11 is 0. The first kappa shape index (κ1) is 13.4. The molecule has 2 rings (SSSR count). The molecule has 0 atom stereocenters. The van der Waals surface area contributed by atoms with Gasteiger partial charge in [0.2, 0.25) is 0 Å². The van der Waals surface area contributed by atoms with E-state index in [0.29, 0.717) is 12.1 Å². The molecule has 0 radical (unpaired) electrons. The SMILES string of the molecule is COC(=O)N1C=CC(C(=O)NN2CC=CCC2)=CC1. The van der Waals surface area contributed by atoms with E-state index in [1.165, 1.54) is 12.0 Å². The van der Waals surface area contributed by atoms with Gasteiger partial charge in [-0.2, -0.15) is 0 Å². The molecule has 19 heavy (non-hydrogen) atoms.